The third kappa shape index (κ3) is 3.84. The molecule has 6 nitrogen and oxygen atoms in total. The minimum Gasteiger partial charge on any atom is -0.352 e. The predicted molar refractivity (Wildman–Crippen MR) is 95.6 cm³/mol. The van der Waals surface area contributed by atoms with Gasteiger partial charge in [0.15, 0.2) is 11.5 Å². The van der Waals surface area contributed by atoms with E-state index in [-0.39, 0.29) is 11.5 Å². The summed E-state index contributed by atoms with van der Waals surface area (Å²) in [5, 5.41) is 0.688. The van der Waals surface area contributed by atoms with Crippen LogP contribution in [0.1, 0.15) is 11.4 Å². The number of aromatic amines is 1. The van der Waals surface area contributed by atoms with Crippen LogP contribution in [0.4, 0.5) is 19.0 Å². The highest BCUT2D eigenvalue weighted by Crippen LogP contribution is 2.31. The summed E-state index contributed by atoms with van der Waals surface area (Å²) < 4.78 is 39.3. The number of anilines is 1. The molecule has 1 fully saturated rings. The minimum absolute atomic E-state index is 0.0219. The van der Waals surface area contributed by atoms with Crippen molar-refractivity contribution in [1.82, 2.24) is 24.8 Å². The van der Waals surface area contributed by atoms with Crippen molar-refractivity contribution in [2.45, 2.75) is 12.7 Å². The highest BCUT2D eigenvalue weighted by Gasteiger charge is 2.36. The third-order valence-electron chi connectivity index (χ3n) is 4.49. The van der Waals surface area contributed by atoms with E-state index in [0.717, 1.165) is 12.1 Å². The first-order valence-electron chi connectivity index (χ1n) is 8.40. The Hall–Kier alpha value is -2.39. The lowest BCUT2D eigenvalue weighted by molar-refractivity contribution is -0.144. The quantitative estimate of drug-likeness (QED) is 0.735. The second-order valence-corrected chi connectivity index (χ2v) is 6.80. The fraction of sp³-hybridized carbons (Fsp3) is 0.353. The lowest BCUT2D eigenvalue weighted by atomic mass is 10.2. The fourth-order valence-electron chi connectivity index (χ4n) is 3.18. The SMILES string of the molecule is FC(F)(F)c1nc(N2CCN(Cc3cccc(Cl)c3)CC2)c2[nH]cnc2n1. The number of hydrogen-bond donors (Lipinski definition) is 1. The zero-order chi connectivity index (χ0) is 19.0. The van der Waals surface area contributed by atoms with Gasteiger partial charge in [0, 0.05) is 37.7 Å². The molecule has 0 radical (unpaired) electrons. The molecule has 1 saturated heterocycles. The second-order valence-electron chi connectivity index (χ2n) is 6.36. The third-order valence-corrected chi connectivity index (χ3v) is 4.72. The molecule has 0 aliphatic carbocycles. The number of aromatic nitrogens is 4. The summed E-state index contributed by atoms with van der Waals surface area (Å²) in [4.78, 5) is 18.1. The summed E-state index contributed by atoms with van der Waals surface area (Å²) in [7, 11) is 0. The molecular weight excluding hydrogens is 381 g/mol. The van der Waals surface area contributed by atoms with Gasteiger partial charge in [-0.2, -0.15) is 13.2 Å². The number of halogens is 4. The van der Waals surface area contributed by atoms with Crippen LogP contribution >= 0.6 is 11.6 Å². The van der Waals surface area contributed by atoms with Gasteiger partial charge in [0.1, 0.15) is 5.52 Å². The van der Waals surface area contributed by atoms with Crippen LogP contribution in [0.3, 0.4) is 0 Å². The van der Waals surface area contributed by atoms with Gasteiger partial charge in [-0.1, -0.05) is 23.7 Å². The average molecular weight is 397 g/mol. The smallest absolute Gasteiger partial charge is 0.352 e. The number of rotatable bonds is 3. The molecule has 0 amide bonds. The molecule has 3 heterocycles. The molecule has 1 aromatic carbocycles. The van der Waals surface area contributed by atoms with Crippen LogP contribution in [0.2, 0.25) is 5.02 Å². The number of nitrogens with zero attached hydrogens (tertiary/aromatic N) is 5. The van der Waals surface area contributed by atoms with Gasteiger partial charge in [-0.25, -0.2) is 15.0 Å². The van der Waals surface area contributed by atoms with Gasteiger partial charge in [-0.3, -0.25) is 4.90 Å². The molecule has 0 unspecified atom stereocenters. The van der Waals surface area contributed by atoms with Crippen LogP contribution in [0.5, 0.6) is 0 Å². The Kier molecular flexibility index (Phi) is 4.65. The Morgan fingerprint density at radius 3 is 2.59 bits per heavy atom. The van der Waals surface area contributed by atoms with Crippen molar-refractivity contribution in [2.24, 2.45) is 0 Å². The van der Waals surface area contributed by atoms with Crippen molar-refractivity contribution in [3.63, 3.8) is 0 Å². The van der Waals surface area contributed by atoms with Crippen molar-refractivity contribution < 1.29 is 13.2 Å². The lowest BCUT2D eigenvalue weighted by Gasteiger charge is -2.35. The van der Waals surface area contributed by atoms with Gasteiger partial charge < -0.3 is 9.88 Å². The largest absolute Gasteiger partial charge is 0.451 e. The Labute approximate surface area is 158 Å². The molecular formula is C17H16ClF3N6. The Balaban J connectivity index is 1.52. The van der Waals surface area contributed by atoms with Crippen molar-refractivity contribution in [1.29, 1.82) is 0 Å². The molecule has 10 heteroatoms. The first-order valence-corrected chi connectivity index (χ1v) is 8.78. The van der Waals surface area contributed by atoms with Crippen molar-refractivity contribution in [2.75, 3.05) is 31.1 Å². The molecule has 1 N–H and O–H groups in total. The summed E-state index contributed by atoms with van der Waals surface area (Å²) >= 11 is 6.02. The molecule has 0 spiro atoms. The van der Waals surface area contributed by atoms with Crippen LogP contribution in [0, 0.1) is 0 Å². The summed E-state index contributed by atoms with van der Waals surface area (Å²) in [6.07, 6.45) is -3.28. The molecule has 27 heavy (non-hydrogen) atoms. The normalized spacial score (nSPS) is 16.2. The molecule has 0 bridgehead atoms. The van der Waals surface area contributed by atoms with E-state index in [1.807, 2.05) is 29.2 Å². The number of nitrogens with one attached hydrogen (secondary N) is 1. The molecule has 1 aliphatic rings. The van der Waals surface area contributed by atoms with Gasteiger partial charge in [0.25, 0.3) is 0 Å². The zero-order valence-corrected chi connectivity index (χ0v) is 14.9. The molecule has 0 atom stereocenters. The summed E-state index contributed by atoms with van der Waals surface area (Å²) in [6.45, 7) is 3.26. The number of piperazine rings is 1. The van der Waals surface area contributed by atoms with Gasteiger partial charge in [0.05, 0.1) is 6.33 Å². The number of imidazole rings is 1. The van der Waals surface area contributed by atoms with Crippen molar-refractivity contribution in [3.8, 4) is 0 Å². The maximum absolute atomic E-state index is 13.1. The van der Waals surface area contributed by atoms with Crippen molar-refractivity contribution in [3.05, 3.63) is 47.0 Å². The molecule has 3 aromatic rings. The van der Waals surface area contributed by atoms with E-state index in [4.69, 9.17) is 11.6 Å². The lowest BCUT2D eigenvalue weighted by Crippen LogP contribution is -2.46. The topological polar surface area (TPSA) is 60.9 Å². The number of alkyl halides is 3. The van der Waals surface area contributed by atoms with Crippen LogP contribution in [0.15, 0.2) is 30.6 Å². The summed E-state index contributed by atoms with van der Waals surface area (Å²) in [5.41, 5.74) is 1.55. The Morgan fingerprint density at radius 1 is 1.11 bits per heavy atom. The number of benzene rings is 1. The molecule has 2 aromatic heterocycles. The first-order chi connectivity index (χ1) is 12.9. The molecule has 4 rings (SSSR count). The van der Waals surface area contributed by atoms with Gasteiger partial charge in [-0.15, -0.1) is 0 Å². The number of hydrogen-bond acceptors (Lipinski definition) is 5. The second kappa shape index (κ2) is 6.97. The van der Waals surface area contributed by atoms with E-state index in [1.165, 1.54) is 6.33 Å². The number of fused-ring (bicyclic) bond motifs is 1. The average Bonchev–Trinajstić information content (AvgIpc) is 3.10. The summed E-state index contributed by atoms with van der Waals surface area (Å²) in [5.74, 6) is -0.925. The maximum atomic E-state index is 13.1. The Morgan fingerprint density at radius 2 is 1.89 bits per heavy atom. The van der Waals surface area contributed by atoms with E-state index >= 15 is 0 Å². The standard InChI is InChI=1S/C17H16ClF3N6/c18-12-3-1-2-11(8-12)9-26-4-6-27(7-5-26)15-13-14(23-10-22-13)24-16(25-15)17(19,20)21/h1-3,8,10H,4-7,9H2,(H,22,23,24,25). The van der Waals surface area contributed by atoms with Gasteiger partial charge >= 0.3 is 6.18 Å². The molecule has 0 saturated carbocycles. The van der Waals surface area contributed by atoms with Crippen LogP contribution in [-0.4, -0.2) is 51.0 Å². The highest BCUT2D eigenvalue weighted by molar-refractivity contribution is 6.30. The van der Waals surface area contributed by atoms with Crippen LogP contribution in [0.25, 0.3) is 11.2 Å². The van der Waals surface area contributed by atoms with Crippen molar-refractivity contribution >= 4 is 28.6 Å². The Bertz CT molecular complexity index is 949. The van der Waals surface area contributed by atoms with E-state index in [2.05, 4.69) is 24.8 Å². The van der Waals surface area contributed by atoms with Crippen LogP contribution in [-0.2, 0) is 12.7 Å². The predicted octanol–water partition coefficient (Wildman–Crippen LogP) is 3.35. The fourth-order valence-corrected chi connectivity index (χ4v) is 3.40. The molecule has 1 aliphatic heterocycles. The van der Waals surface area contributed by atoms with E-state index in [1.54, 1.807) is 0 Å². The van der Waals surface area contributed by atoms with E-state index < -0.39 is 12.0 Å². The maximum Gasteiger partial charge on any atom is 0.451 e. The van der Waals surface area contributed by atoms with E-state index in [0.29, 0.717) is 36.7 Å². The van der Waals surface area contributed by atoms with Crippen LogP contribution < -0.4 is 4.90 Å². The highest BCUT2D eigenvalue weighted by atomic mass is 35.5. The van der Waals surface area contributed by atoms with Gasteiger partial charge in [-0.05, 0) is 17.7 Å². The summed E-state index contributed by atoms with van der Waals surface area (Å²) in [6, 6.07) is 7.66. The number of H-pyrrole nitrogens is 1. The van der Waals surface area contributed by atoms with Gasteiger partial charge in [0.2, 0.25) is 5.82 Å². The minimum atomic E-state index is -4.61. The first kappa shape index (κ1) is 18.0. The monoisotopic (exact) mass is 396 g/mol. The zero-order valence-electron chi connectivity index (χ0n) is 14.2. The molecule has 142 valence electrons. The van der Waals surface area contributed by atoms with E-state index in [9.17, 15) is 13.2 Å².